The number of hydrogen-bond donors (Lipinski definition) is 0. The number of amides is 1. The van der Waals surface area contributed by atoms with Crippen LogP contribution in [0.1, 0.15) is 28.8 Å². The van der Waals surface area contributed by atoms with Gasteiger partial charge >= 0.3 is 6.18 Å². The van der Waals surface area contributed by atoms with Gasteiger partial charge in [0, 0.05) is 47.7 Å². The number of ether oxygens (including phenoxy) is 1. The maximum atomic E-state index is 13.7. The van der Waals surface area contributed by atoms with E-state index in [0.717, 1.165) is 36.2 Å². The SMILES string of the molecule is O=C(c1ccccc1-c1cccnc1)N1CC2CC23CC(Oc2ccc(C(F)(F)F)cn2)C13. The molecule has 3 aromatic rings. The summed E-state index contributed by atoms with van der Waals surface area (Å²) in [5.74, 6) is 0.548. The number of carbonyl (C=O) groups excluding carboxylic acids is 1. The van der Waals surface area contributed by atoms with Crippen molar-refractivity contribution in [3.8, 4) is 17.0 Å². The number of carbonyl (C=O) groups is 1. The number of halogens is 3. The highest BCUT2D eigenvalue weighted by molar-refractivity contribution is 6.01. The van der Waals surface area contributed by atoms with E-state index in [1.54, 1.807) is 12.4 Å². The molecule has 168 valence electrons. The minimum atomic E-state index is -4.44. The topological polar surface area (TPSA) is 55.3 Å². The summed E-state index contributed by atoms with van der Waals surface area (Å²) >= 11 is 0. The first kappa shape index (κ1) is 20.2. The number of benzene rings is 1. The second-order valence-corrected chi connectivity index (χ2v) is 9.07. The number of alkyl halides is 3. The number of rotatable bonds is 4. The van der Waals surface area contributed by atoms with Crippen LogP contribution in [-0.2, 0) is 6.18 Å². The van der Waals surface area contributed by atoms with Crippen molar-refractivity contribution < 1.29 is 22.7 Å². The summed E-state index contributed by atoms with van der Waals surface area (Å²) in [5.41, 5.74) is 1.57. The average molecular weight is 451 g/mol. The minimum Gasteiger partial charge on any atom is -0.472 e. The Morgan fingerprint density at radius 3 is 2.64 bits per heavy atom. The van der Waals surface area contributed by atoms with Crippen LogP contribution in [-0.4, -0.2) is 39.5 Å². The minimum absolute atomic E-state index is 0.0558. The average Bonchev–Trinajstić information content (AvgIpc) is 3.47. The first-order valence-electron chi connectivity index (χ1n) is 10.9. The molecule has 2 saturated carbocycles. The first-order valence-corrected chi connectivity index (χ1v) is 10.9. The summed E-state index contributed by atoms with van der Waals surface area (Å²) in [6.45, 7) is 0.672. The molecule has 2 aromatic heterocycles. The van der Waals surface area contributed by atoms with Gasteiger partial charge in [0.05, 0.1) is 11.6 Å². The lowest BCUT2D eigenvalue weighted by Crippen LogP contribution is -2.59. The lowest BCUT2D eigenvalue weighted by atomic mass is 9.73. The Kier molecular flexibility index (Phi) is 4.31. The van der Waals surface area contributed by atoms with Crippen LogP contribution in [0.4, 0.5) is 13.2 Å². The van der Waals surface area contributed by atoms with Gasteiger partial charge < -0.3 is 9.64 Å². The molecule has 2 aliphatic carbocycles. The molecule has 0 bridgehead atoms. The number of nitrogens with zero attached hydrogens (tertiary/aromatic N) is 3. The summed E-state index contributed by atoms with van der Waals surface area (Å²) in [6, 6.07) is 13.4. The van der Waals surface area contributed by atoms with E-state index in [2.05, 4.69) is 9.97 Å². The maximum Gasteiger partial charge on any atom is 0.417 e. The summed E-state index contributed by atoms with van der Waals surface area (Å²) < 4.78 is 44.4. The first-order chi connectivity index (χ1) is 15.9. The molecule has 1 saturated heterocycles. The van der Waals surface area contributed by atoms with Gasteiger partial charge in [0.15, 0.2) is 0 Å². The van der Waals surface area contributed by atoms with E-state index in [1.807, 2.05) is 41.3 Å². The Bertz CT molecular complexity index is 1220. The highest BCUT2D eigenvalue weighted by Crippen LogP contribution is 2.71. The van der Waals surface area contributed by atoms with Crippen molar-refractivity contribution >= 4 is 5.91 Å². The van der Waals surface area contributed by atoms with E-state index < -0.39 is 11.7 Å². The van der Waals surface area contributed by atoms with Crippen LogP contribution in [0.3, 0.4) is 0 Å². The molecule has 5 nitrogen and oxygen atoms in total. The van der Waals surface area contributed by atoms with Crippen LogP contribution in [0.5, 0.6) is 5.88 Å². The standard InChI is InChI=1S/C25H20F3N3O2/c26-25(27,28)16-7-8-21(30-13-16)33-20-11-24-10-17(24)14-31(22(20)24)23(32)19-6-2-1-5-18(19)15-4-3-9-29-12-15/h1-9,12-13,17,20,22H,10-11,14H2. The van der Waals surface area contributed by atoms with Gasteiger partial charge in [-0.15, -0.1) is 0 Å². The molecule has 1 aliphatic heterocycles. The monoisotopic (exact) mass is 451 g/mol. The van der Waals surface area contributed by atoms with Crippen molar-refractivity contribution in [2.45, 2.75) is 31.2 Å². The smallest absolute Gasteiger partial charge is 0.417 e. The molecule has 4 unspecified atom stereocenters. The van der Waals surface area contributed by atoms with Gasteiger partial charge in [0.1, 0.15) is 6.10 Å². The zero-order valence-electron chi connectivity index (χ0n) is 17.5. The van der Waals surface area contributed by atoms with Gasteiger partial charge in [-0.05, 0) is 42.5 Å². The van der Waals surface area contributed by atoms with Crippen molar-refractivity contribution in [1.82, 2.24) is 14.9 Å². The fraction of sp³-hybridized carbons (Fsp3) is 0.320. The Labute approximate surface area is 188 Å². The predicted octanol–water partition coefficient (Wildman–Crippen LogP) is 4.84. The van der Waals surface area contributed by atoms with E-state index in [4.69, 9.17) is 4.74 Å². The third-order valence-corrected chi connectivity index (χ3v) is 7.28. The van der Waals surface area contributed by atoms with Crippen LogP contribution in [0.15, 0.2) is 67.1 Å². The maximum absolute atomic E-state index is 13.7. The van der Waals surface area contributed by atoms with Crippen molar-refractivity contribution in [2.24, 2.45) is 11.3 Å². The molecule has 3 fully saturated rings. The summed E-state index contributed by atoms with van der Waals surface area (Å²) in [6.07, 6.45) is 1.34. The van der Waals surface area contributed by atoms with Crippen LogP contribution in [0.2, 0.25) is 0 Å². The highest BCUT2D eigenvalue weighted by atomic mass is 19.4. The largest absolute Gasteiger partial charge is 0.472 e. The molecule has 33 heavy (non-hydrogen) atoms. The van der Waals surface area contributed by atoms with Gasteiger partial charge in [-0.1, -0.05) is 24.3 Å². The highest BCUT2D eigenvalue weighted by Gasteiger charge is 2.76. The molecule has 3 aliphatic rings. The van der Waals surface area contributed by atoms with Crippen LogP contribution < -0.4 is 4.74 Å². The summed E-state index contributed by atoms with van der Waals surface area (Å²) in [7, 11) is 0. The molecule has 4 atom stereocenters. The quantitative estimate of drug-likeness (QED) is 0.570. The summed E-state index contributed by atoms with van der Waals surface area (Å²) in [5, 5.41) is 0. The molecule has 6 rings (SSSR count). The van der Waals surface area contributed by atoms with Crippen LogP contribution in [0, 0.1) is 11.3 Å². The van der Waals surface area contributed by atoms with E-state index in [1.165, 1.54) is 6.07 Å². The molecular formula is C25H20F3N3O2. The lowest BCUT2D eigenvalue weighted by molar-refractivity contribution is -0.137. The fourth-order valence-electron chi connectivity index (χ4n) is 5.62. The Balaban J connectivity index is 1.25. The van der Waals surface area contributed by atoms with E-state index >= 15 is 0 Å². The molecule has 0 N–H and O–H groups in total. The second kappa shape index (κ2) is 7.04. The van der Waals surface area contributed by atoms with E-state index in [-0.39, 0.29) is 29.3 Å². The molecule has 8 heteroatoms. The van der Waals surface area contributed by atoms with Gasteiger partial charge in [-0.2, -0.15) is 13.2 Å². The van der Waals surface area contributed by atoms with Crippen LogP contribution in [0.25, 0.3) is 11.1 Å². The van der Waals surface area contributed by atoms with Gasteiger partial charge in [0.25, 0.3) is 5.91 Å². The fourth-order valence-corrected chi connectivity index (χ4v) is 5.62. The van der Waals surface area contributed by atoms with Gasteiger partial charge in [-0.3, -0.25) is 9.78 Å². The Morgan fingerprint density at radius 2 is 1.91 bits per heavy atom. The number of likely N-dealkylation sites (tertiary alicyclic amines) is 1. The predicted molar refractivity (Wildman–Crippen MR) is 113 cm³/mol. The van der Waals surface area contributed by atoms with Crippen molar-refractivity contribution in [1.29, 1.82) is 0 Å². The number of pyridine rings is 2. The molecular weight excluding hydrogens is 431 g/mol. The van der Waals surface area contributed by atoms with E-state index in [0.29, 0.717) is 18.0 Å². The zero-order chi connectivity index (χ0) is 22.8. The lowest BCUT2D eigenvalue weighted by Gasteiger charge is -2.47. The van der Waals surface area contributed by atoms with Crippen molar-refractivity contribution in [3.05, 3.63) is 78.2 Å². The molecule has 1 spiro atoms. The Morgan fingerprint density at radius 1 is 1.06 bits per heavy atom. The number of piperidine rings is 1. The normalized spacial score (nSPS) is 27.4. The van der Waals surface area contributed by atoms with Crippen molar-refractivity contribution in [2.75, 3.05) is 6.54 Å². The summed E-state index contributed by atoms with van der Waals surface area (Å²) in [4.78, 5) is 23.6. The van der Waals surface area contributed by atoms with Gasteiger partial charge in [0.2, 0.25) is 5.88 Å². The van der Waals surface area contributed by atoms with Crippen molar-refractivity contribution in [3.63, 3.8) is 0 Å². The van der Waals surface area contributed by atoms with Gasteiger partial charge in [-0.25, -0.2) is 4.98 Å². The molecule has 1 amide bonds. The number of hydrogen-bond acceptors (Lipinski definition) is 4. The third kappa shape index (κ3) is 3.19. The second-order valence-electron chi connectivity index (χ2n) is 9.07. The molecule has 1 aromatic carbocycles. The van der Waals surface area contributed by atoms with Crippen LogP contribution >= 0.6 is 0 Å². The zero-order valence-corrected chi connectivity index (χ0v) is 17.5. The third-order valence-electron chi connectivity index (χ3n) is 7.28. The van der Waals surface area contributed by atoms with E-state index in [9.17, 15) is 18.0 Å². The Hall–Kier alpha value is -3.42. The number of aromatic nitrogens is 2. The molecule has 3 heterocycles. The molecule has 0 radical (unpaired) electrons.